The maximum Gasteiger partial charge on any atom is 0.354 e. The van der Waals surface area contributed by atoms with E-state index in [0.717, 1.165) is 0 Å². The Balaban J connectivity index is 1.56. The van der Waals surface area contributed by atoms with E-state index in [1.165, 1.54) is 28.4 Å². The average molecular weight is 472 g/mol. The molecule has 182 valence electrons. The van der Waals surface area contributed by atoms with Crippen molar-refractivity contribution in [3.8, 4) is 23.0 Å². The Bertz CT molecular complexity index is 1040. The van der Waals surface area contributed by atoms with Crippen molar-refractivity contribution in [2.24, 2.45) is 5.10 Å². The van der Waals surface area contributed by atoms with Gasteiger partial charge >= 0.3 is 11.9 Å². The van der Waals surface area contributed by atoms with Gasteiger partial charge in [-0.05, 0) is 42.3 Å². The number of esters is 2. The van der Waals surface area contributed by atoms with E-state index in [-0.39, 0.29) is 25.3 Å². The maximum absolute atomic E-state index is 12.7. The van der Waals surface area contributed by atoms with Crippen LogP contribution in [-0.2, 0) is 32.3 Å². The number of carbonyl (C=O) groups is 2. The highest BCUT2D eigenvalue weighted by Gasteiger charge is 2.42. The van der Waals surface area contributed by atoms with Crippen LogP contribution in [0.3, 0.4) is 0 Å². The highest BCUT2D eigenvalue weighted by Crippen LogP contribution is 2.26. The maximum atomic E-state index is 12.7. The summed E-state index contributed by atoms with van der Waals surface area (Å²) in [5.41, 5.74) is 2.98. The molecule has 3 rings (SSSR count). The third-order valence-corrected chi connectivity index (χ3v) is 5.21. The number of methoxy groups -OCH3 is 4. The highest BCUT2D eigenvalue weighted by molar-refractivity contribution is 6.37. The first-order chi connectivity index (χ1) is 16.3. The molecule has 1 aliphatic heterocycles. The molecule has 0 spiro atoms. The molecular weight excluding hydrogens is 444 g/mol. The van der Waals surface area contributed by atoms with Gasteiger partial charge in [0.1, 0.15) is 41.9 Å². The Kier molecular flexibility index (Phi) is 7.83. The molecular formula is C24H28N2O8. The third-order valence-electron chi connectivity index (χ3n) is 5.21. The van der Waals surface area contributed by atoms with E-state index in [9.17, 15) is 9.59 Å². The van der Waals surface area contributed by atoms with Gasteiger partial charge in [-0.25, -0.2) is 9.59 Å². The number of rotatable bonds is 10. The van der Waals surface area contributed by atoms with E-state index in [4.69, 9.17) is 28.4 Å². The second-order valence-electron chi connectivity index (χ2n) is 7.77. The topological polar surface area (TPSA) is 114 Å². The molecule has 1 aliphatic rings. The smallest absolute Gasteiger partial charge is 0.354 e. The van der Waals surface area contributed by atoms with E-state index in [1.54, 1.807) is 43.3 Å². The summed E-state index contributed by atoms with van der Waals surface area (Å²) >= 11 is 0. The molecule has 0 amide bonds. The van der Waals surface area contributed by atoms with Gasteiger partial charge in [0.25, 0.3) is 0 Å². The first-order valence-electron chi connectivity index (χ1n) is 10.4. The van der Waals surface area contributed by atoms with Gasteiger partial charge in [-0.3, -0.25) is 5.43 Å². The number of nitrogens with zero attached hydrogens (tertiary/aromatic N) is 1. The molecule has 1 N–H and O–H groups in total. The molecule has 0 aliphatic carbocycles. The Morgan fingerprint density at radius 3 is 1.68 bits per heavy atom. The monoisotopic (exact) mass is 472 g/mol. The largest absolute Gasteiger partial charge is 0.497 e. The average Bonchev–Trinajstić information content (AvgIpc) is 3.28. The summed E-state index contributed by atoms with van der Waals surface area (Å²) in [6, 6.07) is 10.4. The third kappa shape index (κ3) is 5.89. The number of hydrogen-bond acceptors (Lipinski definition) is 10. The lowest BCUT2D eigenvalue weighted by molar-refractivity contribution is -0.151. The number of nitrogens with one attached hydrogen (secondary N) is 1. The van der Waals surface area contributed by atoms with Crippen LogP contribution in [0.15, 0.2) is 41.5 Å². The molecule has 0 saturated heterocycles. The van der Waals surface area contributed by atoms with Crippen LogP contribution in [0.1, 0.15) is 24.5 Å². The number of hydrogen-bond donors (Lipinski definition) is 1. The molecule has 2 aromatic carbocycles. The Labute approximate surface area is 197 Å². The summed E-state index contributed by atoms with van der Waals surface area (Å²) in [4.78, 5) is 25.3. The van der Waals surface area contributed by atoms with E-state index >= 15 is 0 Å². The summed E-state index contributed by atoms with van der Waals surface area (Å²) in [6.45, 7) is 1.60. The van der Waals surface area contributed by atoms with Crippen LogP contribution in [0.2, 0.25) is 0 Å². The molecule has 1 heterocycles. The second-order valence-corrected chi connectivity index (χ2v) is 7.77. The van der Waals surface area contributed by atoms with Crippen LogP contribution in [0, 0.1) is 0 Å². The van der Waals surface area contributed by atoms with Crippen molar-refractivity contribution in [3.63, 3.8) is 0 Å². The van der Waals surface area contributed by atoms with Crippen molar-refractivity contribution in [1.82, 2.24) is 5.43 Å². The molecule has 0 bridgehead atoms. The highest BCUT2D eigenvalue weighted by atomic mass is 16.5. The van der Waals surface area contributed by atoms with Gasteiger partial charge in [-0.15, -0.1) is 0 Å². The lowest BCUT2D eigenvalue weighted by Gasteiger charge is -2.21. The standard InChI is InChI=1S/C24H28N2O8/c1-24(23(28)34-14-16-8-19(31-4)11-20(9-16)32-5)12-21(25-26-24)22(27)33-13-15-6-17(29-2)10-18(7-15)30-3/h6-11,26H,12-14H2,1-5H3. The molecule has 34 heavy (non-hydrogen) atoms. The van der Waals surface area contributed by atoms with Gasteiger partial charge in [-0.1, -0.05) is 0 Å². The fourth-order valence-corrected chi connectivity index (χ4v) is 3.28. The normalized spacial score (nSPS) is 16.7. The predicted molar refractivity (Wildman–Crippen MR) is 122 cm³/mol. The molecule has 10 heteroatoms. The number of carbonyl (C=O) groups excluding carboxylic acids is 2. The van der Waals surface area contributed by atoms with Crippen molar-refractivity contribution in [1.29, 1.82) is 0 Å². The van der Waals surface area contributed by atoms with Crippen LogP contribution in [0.5, 0.6) is 23.0 Å². The van der Waals surface area contributed by atoms with Crippen molar-refractivity contribution >= 4 is 17.7 Å². The van der Waals surface area contributed by atoms with E-state index < -0.39 is 17.5 Å². The van der Waals surface area contributed by atoms with Crippen LogP contribution in [0.4, 0.5) is 0 Å². The summed E-state index contributed by atoms with van der Waals surface area (Å²) in [5, 5.41) is 4.00. The molecule has 10 nitrogen and oxygen atoms in total. The number of benzene rings is 2. The van der Waals surface area contributed by atoms with Gasteiger partial charge in [0.2, 0.25) is 0 Å². The Morgan fingerprint density at radius 1 is 0.794 bits per heavy atom. The number of hydrazone groups is 1. The minimum atomic E-state index is -1.20. The quantitative estimate of drug-likeness (QED) is 0.521. The van der Waals surface area contributed by atoms with Crippen molar-refractivity contribution in [2.45, 2.75) is 32.1 Å². The van der Waals surface area contributed by atoms with Crippen LogP contribution < -0.4 is 24.4 Å². The molecule has 0 aromatic heterocycles. The summed E-state index contributed by atoms with van der Waals surface area (Å²) in [5.74, 6) is 1.13. The lowest BCUT2D eigenvalue weighted by atomic mass is 9.97. The zero-order valence-corrected chi connectivity index (χ0v) is 19.8. The van der Waals surface area contributed by atoms with Gasteiger partial charge in [0.05, 0.1) is 28.4 Å². The first kappa shape index (κ1) is 24.7. The minimum Gasteiger partial charge on any atom is -0.497 e. The Morgan fingerprint density at radius 2 is 1.24 bits per heavy atom. The molecule has 0 fully saturated rings. The van der Waals surface area contributed by atoms with Crippen LogP contribution >= 0.6 is 0 Å². The molecule has 2 aromatic rings. The first-order valence-corrected chi connectivity index (χ1v) is 10.4. The predicted octanol–water partition coefficient (Wildman–Crippen LogP) is 2.62. The minimum absolute atomic E-state index is 0.00111. The summed E-state index contributed by atoms with van der Waals surface area (Å²) < 4.78 is 31.7. The second kappa shape index (κ2) is 10.8. The Hall–Kier alpha value is -3.95. The fraction of sp³-hybridized carbons (Fsp3) is 0.375. The lowest BCUT2D eigenvalue weighted by Crippen LogP contribution is -2.45. The zero-order valence-electron chi connectivity index (χ0n) is 19.8. The van der Waals surface area contributed by atoms with Crippen molar-refractivity contribution in [3.05, 3.63) is 47.5 Å². The summed E-state index contributed by atoms with van der Waals surface area (Å²) in [7, 11) is 6.15. The van der Waals surface area contributed by atoms with E-state index in [2.05, 4.69) is 10.5 Å². The van der Waals surface area contributed by atoms with Crippen molar-refractivity contribution < 1.29 is 38.0 Å². The van der Waals surface area contributed by atoms with Crippen LogP contribution in [-0.4, -0.2) is 51.6 Å². The molecule has 1 atom stereocenters. The van der Waals surface area contributed by atoms with Gasteiger partial charge < -0.3 is 28.4 Å². The molecule has 0 saturated carbocycles. The SMILES string of the molecule is COc1cc(COC(=O)C2=NNC(C)(C(=O)OCc3cc(OC)cc(OC)c3)C2)cc(OC)c1. The zero-order chi connectivity index (χ0) is 24.7. The fourth-order valence-electron chi connectivity index (χ4n) is 3.28. The van der Waals surface area contributed by atoms with Crippen LogP contribution in [0.25, 0.3) is 0 Å². The molecule has 1 unspecified atom stereocenters. The molecule has 0 radical (unpaired) electrons. The van der Waals surface area contributed by atoms with Gasteiger partial charge in [-0.2, -0.15) is 5.10 Å². The summed E-state index contributed by atoms with van der Waals surface area (Å²) in [6.07, 6.45) is 0.0214. The van der Waals surface area contributed by atoms with E-state index in [0.29, 0.717) is 34.1 Å². The van der Waals surface area contributed by atoms with Gasteiger partial charge in [0.15, 0.2) is 5.54 Å². The van der Waals surface area contributed by atoms with Gasteiger partial charge in [0, 0.05) is 18.6 Å². The number of ether oxygens (including phenoxy) is 6. The van der Waals surface area contributed by atoms with E-state index in [1.807, 2.05) is 0 Å². The van der Waals surface area contributed by atoms with Crippen molar-refractivity contribution in [2.75, 3.05) is 28.4 Å².